The van der Waals surface area contributed by atoms with Crippen LogP contribution in [0.5, 0.6) is 0 Å². The van der Waals surface area contributed by atoms with Crippen molar-refractivity contribution in [3.8, 4) is 0 Å². The molecule has 20 heavy (non-hydrogen) atoms. The predicted molar refractivity (Wildman–Crippen MR) is 77.4 cm³/mol. The molecule has 0 radical (unpaired) electrons. The van der Waals surface area contributed by atoms with Crippen LogP contribution in [0.25, 0.3) is 0 Å². The molecule has 1 N–H and O–H groups in total. The summed E-state index contributed by atoms with van der Waals surface area (Å²) in [4.78, 5) is 10.3. The quantitative estimate of drug-likeness (QED) is 0.512. The Labute approximate surface area is 117 Å². The van der Waals surface area contributed by atoms with Gasteiger partial charge in [-0.15, -0.1) is 6.58 Å². The largest absolute Gasteiger partial charge is 0.387 e. The number of benzene rings is 2. The SMILES string of the molecule is C=C[C@@H](c1ccccc1)[C@H](O)c1cccc([N+](=O)[O-])c1. The normalized spacial score (nSPS) is 13.4. The standard InChI is InChI=1S/C16H15NO3/c1-2-15(12-7-4-3-5-8-12)16(18)13-9-6-10-14(11-13)17(19)20/h2-11,15-16,18H,1H2/t15-,16+/m0/s1. The number of nitro groups is 1. The summed E-state index contributed by atoms with van der Waals surface area (Å²) in [6, 6.07) is 15.5. The summed E-state index contributed by atoms with van der Waals surface area (Å²) >= 11 is 0. The first kappa shape index (κ1) is 14.0. The zero-order chi connectivity index (χ0) is 14.5. The lowest BCUT2D eigenvalue weighted by atomic mass is 9.89. The number of non-ortho nitro benzene ring substituents is 1. The molecular formula is C16H15NO3. The molecule has 0 aliphatic heterocycles. The van der Waals surface area contributed by atoms with Gasteiger partial charge in [0.15, 0.2) is 0 Å². The van der Waals surface area contributed by atoms with E-state index >= 15 is 0 Å². The summed E-state index contributed by atoms with van der Waals surface area (Å²) in [7, 11) is 0. The lowest BCUT2D eigenvalue weighted by molar-refractivity contribution is -0.385. The number of hydrogen-bond donors (Lipinski definition) is 1. The van der Waals surface area contributed by atoms with Crippen LogP contribution in [0.3, 0.4) is 0 Å². The average molecular weight is 269 g/mol. The first-order valence-electron chi connectivity index (χ1n) is 6.23. The van der Waals surface area contributed by atoms with E-state index in [1.807, 2.05) is 30.3 Å². The molecule has 0 amide bonds. The van der Waals surface area contributed by atoms with Gasteiger partial charge in [0.2, 0.25) is 0 Å². The van der Waals surface area contributed by atoms with Crippen molar-refractivity contribution in [2.75, 3.05) is 0 Å². The van der Waals surface area contributed by atoms with Crippen LogP contribution in [0.1, 0.15) is 23.1 Å². The van der Waals surface area contributed by atoms with Crippen molar-refractivity contribution in [2.24, 2.45) is 0 Å². The number of rotatable bonds is 5. The monoisotopic (exact) mass is 269 g/mol. The molecule has 0 aliphatic carbocycles. The van der Waals surface area contributed by atoms with E-state index in [4.69, 9.17) is 0 Å². The highest BCUT2D eigenvalue weighted by Gasteiger charge is 2.21. The molecule has 0 saturated heterocycles. The number of hydrogen-bond acceptors (Lipinski definition) is 3. The molecule has 4 heteroatoms. The average Bonchev–Trinajstić information content (AvgIpc) is 2.49. The molecule has 0 aliphatic rings. The Balaban J connectivity index is 2.34. The molecular weight excluding hydrogens is 254 g/mol. The van der Waals surface area contributed by atoms with E-state index in [1.54, 1.807) is 18.2 Å². The van der Waals surface area contributed by atoms with Crippen molar-refractivity contribution in [1.29, 1.82) is 0 Å². The fraction of sp³-hybridized carbons (Fsp3) is 0.125. The Morgan fingerprint density at radius 1 is 1.10 bits per heavy atom. The maximum atomic E-state index is 10.8. The third-order valence-electron chi connectivity index (χ3n) is 3.20. The van der Waals surface area contributed by atoms with Gasteiger partial charge >= 0.3 is 0 Å². The van der Waals surface area contributed by atoms with E-state index in [1.165, 1.54) is 12.1 Å². The highest BCUT2D eigenvalue weighted by Crippen LogP contribution is 2.32. The Kier molecular flexibility index (Phi) is 4.27. The summed E-state index contributed by atoms with van der Waals surface area (Å²) in [6.07, 6.45) is 0.786. The van der Waals surface area contributed by atoms with Gasteiger partial charge in [0.1, 0.15) is 0 Å². The van der Waals surface area contributed by atoms with Gasteiger partial charge in [-0.1, -0.05) is 48.5 Å². The van der Waals surface area contributed by atoms with E-state index < -0.39 is 11.0 Å². The van der Waals surface area contributed by atoms with Gasteiger partial charge in [-0.05, 0) is 11.1 Å². The van der Waals surface area contributed by atoms with Gasteiger partial charge in [-0.25, -0.2) is 0 Å². The molecule has 0 unspecified atom stereocenters. The fourth-order valence-electron chi connectivity index (χ4n) is 2.15. The van der Waals surface area contributed by atoms with Crippen molar-refractivity contribution in [3.05, 3.63) is 88.5 Å². The van der Waals surface area contributed by atoms with Gasteiger partial charge in [0.25, 0.3) is 5.69 Å². The van der Waals surface area contributed by atoms with E-state index in [0.717, 1.165) is 5.56 Å². The van der Waals surface area contributed by atoms with Crippen molar-refractivity contribution in [3.63, 3.8) is 0 Å². The first-order chi connectivity index (χ1) is 9.63. The number of aliphatic hydroxyl groups is 1. The van der Waals surface area contributed by atoms with Crippen LogP contribution >= 0.6 is 0 Å². The topological polar surface area (TPSA) is 63.4 Å². The van der Waals surface area contributed by atoms with Gasteiger partial charge in [0, 0.05) is 18.1 Å². The molecule has 102 valence electrons. The second-order valence-corrected chi connectivity index (χ2v) is 4.47. The van der Waals surface area contributed by atoms with Crippen LogP contribution in [0.2, 0.25) is 0 Å². The van der Waals surface area contributed by atoms with E-state index in [2.05, 4.69) is 6.58 Å². The first-order valence-corrected chi connectivity index (χ1v) is 6.23. The third-order valence-corrected chi connectivity index (χ3v) is 3.20. The van der Waals surface area contributed by atoms with Gasteiger partial charge in [-0.3, -0.25) is 10.1 Å². The van der Waals surface area contributed by atoms with Crippen LogP contribution in [-0.4, -0.2) is 10.0 Å². The smallest absolute Gasteiger partial charge is 0.269 e. The zero-order valence-corrected chi connectivity index (χ0v) is 10.8. The summed E-state index contributed by atoms with van der Waals surface area (Å²) < 4.78 is 0. The number of aliphatic hydroxyl groups excluding tert-OH is 1. The summed E-state index contributed by atoms with van der Waals surface area (Å²) in [5.41, 5.74) is 1.40. The Hall–Kier alpha value is -2.46. The molecule has 0 heterocycles. The van der Waals surface area contributed by atoms with Crippen LogP contribution in [0.4, 0.5) is 5.69 Å². The minimum atomic E-state index is -0.866. The van der Waals surface area contributed by atoms with E-state index in [0.29, 0.717) is 5.56 Å². The molecule has 2 aromatic carbocycles. The Morgan fingerprint density at radius 2 is 1.75 bits per heavy atom. The zero-order valence-electron chi connectivity index (χ0n) is 10.8. The Bertz CT molecular complexity index is 610. The van der Waals surface area contributed by atoms with Gasteiger partial charge in [0.05, 0.1) is 11.0 Å². The summed E-state index contributed by atoms with van der Waals surface area (Å²) in [6.45, 7) is 3.75. The second kappa shape index (κ2) is 6.12. The van der Waals surface area contributed by atoms with Crippen molar-refractivity contribution in [1.82, 2.24) is 0 Å². The molecule has 0 fully saturated rings. The summed E-state index contributed by atoms with van der Waals surface area (Å²) in [5.74, 6) is -0.307. The van der Waals surface area contributed by atoms with E-state index in [9.17, 15) is 15.2 Å². The van der Waals surface area contributed by atoms with Crippen LogP contribution in [0, 0.1) is 10.1 Å². The predicted octanol–water partition coefficient (Wildman–Crippen LogP) is 3.60. The molecule has 2 rings (SSSR count). The van der Waals surface area contributed by atoms with E-state index in [-0.39, 0.29) is 11.6 Å². The second-order valence-electron chi connectivity index (χ2n) is 4.47. The highest BCUT2D eigenvalue weighted by atomic mass is 16.6. The maximum Gasteiger partial charge on any atom is 0.269 e. The fourth-order valence-corrected chi connectivity index (χ4v) is 2.15. The van der Waals surface area contributed by atoms with Crippen LogP contribution in [-0.2, 0) is 0 Å². The minimum Gasteiger partial charge on any atom is -0.387 e. The maximum absolute atomic E-state index is 10.8. The lowest BCUT2D eigenvalue weighted by Gasteiger charge is -2.20. The van der Waals surface area contributed by atoms with Crippen LogP contribution < -0.4 is 0 Å². The molecule has 0 aromatic heterocycles. The molecule has 2 aromatic rings. The van der Waals surface area contributed by atoms with Gasteiger partial charge in [-0.2, -0.15) is 0 Å². The number of nitro benzene ring substituents is 1. The van der Waals surface area contributed by atoms with Crippen LogP contribution in [0.15, 0.2) is 67.3 Å². The van der Waals surface area contributed by atoms with Crippen molar-refractivity contribution in [2.45, 2.75) is 12.0 Å². The molecule has 0 spiro atoms. The molecule has 2 atom stereocenters. The molecule has 0 bridgehead atoms. The highest BCUT2D eigenvalue weighted by molar-refractivity contribution is 5.38. The lowest BCUT2D eigenvalue weighted by Crippen LogP contribution is -2.09. The summed E-state index contributed by atoms with van der Waals surface area (Å²) in [5, 5.41) is 21.2. The minimum absolute atomic E-state index is 0.0302. The Morgan fingerprint density at radius 3 is 2.35 bits per heavy atom. The van der Waals surface area contributed by atoms with Crippen molar-refractivity contribution >= 4 is 5.69 Å². The van der Waals surface area contributed by atoms with Gasteiger partial charge < -0.3 is 5.11 Å². The molecule has 4 nitrogen and oxygen atoms in total. The number of nitrogens with zero attached hydrogens (tertiary/aromatic N) is 1. The molecule has 0 saturated carbocycles. The van der Waals surface area contributed by atoms with Crippen molar-refractivity contribution < 1.29 is 10.0 Å². The third kappa shape index (κ3) is 2.92.